The van der Waals surface area contributed by atoms with Crippen molar-refractivity contribution >= 4 is 17.8 Å². The molecule has 4 N–H and O–H groups in total. The van der Waals surface area contributed by atoms with Gasteiger partial charge in [-0.05, 0) is 26.3 Å². The first-order valence-corrected chi connectivity index (χ1v) is 5.81. The smallest absolute Gasteiger partial charge is 0.326 e. The molecule has 1 heterocycles. The Morgan fingerprint density at radius 3 is 2.50 bits per heavy atom. The number of amides is 1. The van der Waals surface area contributed by atoms with Crippen LogP contribution in [0.15, 0.2) is 0 Å². The summed E-state index contributed by atoms with van der Waals surface area (Å²) in [4.78, 5) is 33.3. The molecule has 1 aliphatic rings. The van der Waals surface area contributed by atoms with Crippen LogP contribution in [0.1, 0.15) is 26.2 Å². The molecule has 1 rings (SSSR count). The van der Waals surface area contributed by atoms with Crippen LogP contribution in [-0.4, -0.2) is 47.2 Å². The quantitative estimate of drug-likeness (QED) is 0.506. The molecule has 1 fully saturated rings. The van der Waals surface area contributed by atoms with Crippen LogP contribution in [0.4, 0.5) is 0 Å². The molecule has 2 unspecified atom stereocenters. The van der Waals surface area contributed by atoms with Crippen molar-refractivity contribution < 1.29 is 24.6 Å². The minimum Gasteiger partial charge on any atom is -0.481 e. The molecule has 0 bridgehead atoms. The van der Waals surface area contributed by atoms with E-state index in [0.717, 1.165) is 6.54 Å². The highest BCUT2D eigenvalue weighted by molar-refractivity contribution is 5.87. The van der Waals surface area contributed by atoms with Gasteiger partial charge in [-0.15, -0.1) is 0 Å². The number of carboxylic acid groups (broad SMARTS) is 2. The number of carboxylic acids is 2. The summed E-state index contributed by atoms with van der Waals surface area (Å²) < 4.78 is 0. The first kappa shape index (κ1) is 14.4. The van der Waals surface area contributed by atoms with E-state index in [4.69, 9.17) is 10.2 Å². The van der Waals surface area contributed by atoms with Gasteiger partial charge in [0.1, 0.15) is 6.04 Å². The van der Waals surface area contributed by atoms with Crippen LogP contribution in [-0.2, 0) is 14.4 Å². The molecule has 7 heteroatoms. The molecule has 1 amide bonds. The molecule has 7 nitrogen and oxygen atoms in total. The highest BCUT2D eigenvalue weighted by Crippen LogP contribution is 2.24. The summed E-state index contributed by atoms with van der Waals surface area (Å²) in [5, 5.41) is 22.9. The summed E-state index contributed by atoms with van der Waals surface area (Å²) in [6.45, 7) is 2.99. The third-order valence-corrected chi connectivity index (χ3v) is 3.17. The van der Waals surface area contributed by atoms with Crippen molar-refractivity contribution in [3.05, 3.63) is 0 Å². The summed E-state index contributed by atoms with van der Waals surface area (Å²) in [6.07, 6.45) is 0.246. The molecular weight excluding hydrogens is 240 g/mol. The Kier molecular flexibility index (Phi) is 4.66. The number of hydrogen-bond donors (Lipinski definition) is 4. The number of aliphatic carboxylic acids is 2. The molecule has 0 aromatic carbocycles. The van der Waals surface area contributed by atoms with Crippen molar-refractivity contribution in [2.24, 2.45) is 5.41 Å². The Balaban J connectivity index is 2.57. The van der Waals surface area contributed by atoms with Crippen LogP contribution in [0.2, 0.25) is 0 Å². The van der Waals surface area contributed by atoms with Gasteiger partial charge in [-0.25, -0.2) is 4.79 Å². The van der Waals surface area contributed by atoms with Crippen LogP contribution in [0.3, 0.4) is 0 Å². The van der Waals surface area contributed by atoms with Crippen LogP contribution in [0.5, 0.6) is 0 Å². The van der Waals surface area contributed by atoms with E-state index < -0.39 is 23.4 Å². The summed E-state index contributed by atoms with van der Waals surface area (Å²) in [7, 11) is 0. The molecule has 2 atom stereocenters. The molecular formula is C11H18N2O5. The average molecular weight is 258 g/mol. The normalized spacial score (nSPS) is 24.5. The largest absolute Gasteiger partial charge is 0.481 e. The lowest BCUT2D eigenvalue weighted by molar-refractivity contribution is -0.144. The van der Waals surface area contributed by atoms with Gasteiger partial charge in [0.15, 0.2) is 0 Å². The minimum atomic E-state index is -1.21. The van der Waals surface area contributed by atoms with Crippen LogP contribution in [0, 0.1) is 5.41 Å². The average Bonchev–Trinajstić information content (AvgIpc) is 2.71. The number of nitrogens with one attached hydrogen (secondary N) is 2. The van der Waals surface area contributed by atoms with E-state index in [2.05, 4.69) is 10.6 Å². The molecule has 0 aliphatic carbocycles. The van der Waals surface area contributed by atoms with Gasteiger partial charge < -0.3 is 20.8 Å². The summed E-state index contributed by atoms with van der Waals surface area (Å²) in [6, 6.07) is -1.15. The molecule has 0 aromatic rings. The fourth-order valence-electron chi connectivity index (χ4n) is 1.87. The predicted octanol–water partition coefficient (Wildman–Crippen LogP) is -0.580. The van der Waals surface area contributed by atoms with Crippen LogP contribution >= 0.6 is 0 Å². The first-order valence-electron chi connectivity index (χ1n) is 5.81. The van der Waals surface area contributed by atoms with Crippen molar-refractivity contribution in [2.45, 2.75) is 32.2 Å². The van der Waals surface area contributed by atoms with Crippen LogP contribution < -0.4 is 10.6 Å². The monoisotopic (exact) mass is 258 g/mol. The zero-order valence-corrected chi connectivity index (χ0v) is 10.2. The molecule has 0 aromatic heterocycles. The second-order valence-corrected chi connectivity index (χ2v) is 4.78. The van der Waals surface area contributed by atoms with Gasteiger partial charge >= 0.3 is 11.9 Å². The summed E-state index contributed by atoms with van der Waals surface area (Å²) in [5.74, 6) is -2.63. The third-order valence-electron chi connectivity index (χ3n) is 3.17. The van der Waals surface area contributed by atoms with E-state index >= 15 is 0 Å². The van der Waals surface area contributed by atoms with Gasteiger partial charge in [-0.3, -0.25) is 9.59 Å². The molecule has 102 valence electrons. The zero-order valence-electron chi connectivity index (χ0n) is 10.2. The predicted molar refractivity (Wildman–Crippen MR) is 62.0 cm³/mol. The molecule has 0 radical (unpaired) electrons. The standard InChI is InChI=1S/C11H18N2O5/c1-11(4-5-12-6-11)10(18)13-7(9(16)17)2-3-8(14)15/h7,12H,2-6H2,1H3,(H,13,18)(H,14,15)(H,16,17). The lowest BCUT2D eigenvalue weighted by atomic mass is 9.88. The van der Waals surface area contributed by atoms with Crippen LogP contribution in [0.25, 0.3) is 0 Å². The van der Waals surface area contributed by atoms with Crippen molar-refractivity contribution in [2.75, 3.05) is 13.1 Å². The zero-order chi connectivity index (χ0) is 13.8. The van der Waals surface area contributed by atoms with Gasteiger partial charge in [-0.1, -0.05) is 0 Å². The Morgan fingerprint density at radius 1 is 1.39 bits per heavy atom. The van der Waals surface area contributed by atoms with Gasteiger partial charge in [0.25, 0.3) is 0 Å². The lowest BCUT2D eigenvalue weighted by Gasteiger charge is -2.24. The Labute approximate surface area is 105 Å². The Bertz CT molecular complexity index is 349. The second-order valence-electron chi connectivity index (χ2n) is 4.78. The lowest BCUT2D eigenvalue weighted by Crippen LogP contribution is -2.48. The first-order chi connectivity index (χ1) is 8.35. The number of hydrogen-bond acceptors (Lipinski definition) is 4. The van der Waals surface area contributed by atoms with Crippen molar-refractivity contribution in [3.8, 4) is 0 Å². The maximum atomic E-state index is 12.0. The van der Waals surface area contributed by atoms with Gasteiger partial charge in [0, 0.05) is 13.0 Å². The van der Waals surface area contributed by atoms with E-state index in [1.807, 2.05) is 0 Å². The van der Waals surface area contributed by atoms with Crippen molar-refractivity contribution in [3.63, 3.8) is 0 Å². The Morgan fingerprint density at radius 2 is 2.06 bits per heavy atom. The van der Waals surface area contributed by atoms with Crippen molar-refractivity contribution in [1.82, 2.24) is 10.6 Å². The number of rotatable bonds is 6. The topological polar surface area (TPSA) is 116 Å². The molecule has 1 saturated heterocycles. The molecule has 0 spiro atoms. The van der Waals surface area contributed by atoms with Crippen molar-refractivity contribution in [1.29, 1.82) is 0 Å². The number of carbonyl (C=O) groups excluding carboxylic acids is 1. The maximum absolute atomic E-state index is 12.0. The highest BCUT2D eigenvalue weighted by Gasteiger charge is 2.38. The fraction of sp³-hybridized carbons (Fsp3) is 0.727. The Hall–Kier alpha value is -1.63. The van der Waals surface area contributed by atoms with E-state index in [9.17, 15) is 14.4 Å². The third kappa shape index (κ3) is 3.69. The van der Waals surface area contributed by atoms with Gasteiger partial charge in [0.2, 0.25) is 5.91 Å². The number of carbonyl (C=O) groups is 3. The molecule has 0 saturated carbocycles. The van der Waals surface area contributed by atoms with E-state index in [0.29, 0.717) is 13.0 Å². The van der Waals surface area contributed by atoms with Gasteiger partial charge in [0.05, 0.1) is 5.41 Å². The second kappa shape index (κ2) is 5.81. The maximum Gasteiger partial charge on any atom is 0.326 e. The fourth-order valence-corrected chi connectivity index (χ4v) is 1.87. The highest BCUT2D eigenvalue weighted by atomic mass is 16.4. The van der Waals surface area contributed by atoms with E-state index in [1.165, 1.54) is 0 Å². The minimum absolute atomic E-state index is 0.111. The van der Waals surface area contributed by atoms with E-state index in [-0.39, 0.29) is 18.7 Å². The molecule has 1 aliphatic heterocycles. The summed E-state index contributed by atoms with van der Waals surface area (Å²) >= 11 is 0. The van der Waals surface area contributed by atoms with E-state index in [1.54, 1.807) is 6.92 Å². The summed E-state index contributed by atoms with van der Waals surface area (Å²) in [5.41, 5.74) is -0.614. The SMILES string of the molecule is CC1(C(=O)NC(CCC(=O)O)C(=O)O)CCNC1. The van der Waals surface area contributed by atoms with Gasteiger partial charge in [-0.2, -0.15) is 0 Å². The molecule has 18 heavy (non-hydrogen) atoms.